The summed E-state index contributed by atoms with van der Waals surface area (Å²) in [5.74, 6) is 0.0291. The van der Waals surface area contributed by atoms with Crippen molar-refractivity contribution in [3.63, 3.8) is 0 Å². The first-order chi connectivity index (χ1) is 16.6. The number of urea groups is 1. The number of carbonyl (C=O) groups is 2. The highest BCUT2D eigenvalue weighted by atomic mass is 32.2. The predicted octanol–water partition coefficient (Wildman–Crippen LogP) is 2.00. The first-order valence-electron chi connectivity index (χ1n) is 11.6. The van der Waals surface area contributed by atoms with Gasteiger partial charge in [-0.3, -0.25) is 9.69 Å². The normalized spacial score (nSPS) is 20.0. The minimum atomic E-state index is -4.07. The molecular weight excluding hydrogens is 468 g/mol. The average Bonchev–Trinajstić information content (AvgIpc) is 3.63. The Bertz CT molecular complexity index is 1180. The largest absolute Gasteiger partial charge is 0.497 e. The number of rotatable bonds is 10. The molecule has 2 aromatic rings. The zero-order valence-electron chi connectivity index (χ0n) is 20.3. The molecule has 1 aliphatic heterocycles. The number of methoxy groups -OCH3 is 1. The molecule has 2 N–H and O–H groups in total. The summed E-state index contributed by atoms with van der Waals surface area (Å²) in [6.07, 6.45) is 2.81. The maximum absolute atomic E-state index is 13.1. The summed E-state index contributed by atoms with van der Waals surface area (Å²) in [5.41, 5.74) is 1.48. The zero-order chi connectivity index (χ0) is 25.2. The summed E-state index contributed by atoms with van der Waals surface area (Å²) < 4.78 is 34.2. The SMILES string of the molecule is COc1ccc(CCN2C(=O)NCC2(NS(=O)(=O)CC(=O)N(C)C)c2ccc(C3CC3)cc2)cc1. The van der Waals surface area contributed by atoms with Crippen LogP contribution >= 0.6 is 0 Å². The van der Waals surface area contributed by atoms with Gasteiger partial charge >= 0.3 is 6.03 Å². The maximum Gasteiger partial charge on any atom is 0.319 e. The van der Waals surface area contributed by atoms with Crippen LogP contribution in [0.3, 0.4) is 0 Å². The Morgan fingerprint density at radius 3 is 2.37 bits per heavy atom. The minimum absolute atomic E-state index is 0.0482. The van der Waals surface area contributed by atoms with Crippen LogP contribution in [0.15, 0.2) is 48.5 Å². The summed E-state index contributed by atoms with van der Waals surface area (Å²) in [6.45, 7) is 0.319. The molecule has 1 saturated heterocycles. The second-order valence-corrected chi connectivity index (χ2v) is 11.0. The van der Waals surface area contributed by atoms with Crippen molar-refractivity contribution in [2.45, 2.75) is 30.8 Å². The van der Waals surface area contributed by atoms with Gasteiger partial charge in [0.25, 0.3) is 0 Å². The summed E-state index contributed by atoms with van der Waals surface area (Å²) in [5, 5.41) is 2.81. The lowest BCUT2D eigenvalue weighted by Crippen LogP contribution is -2.58. The van der Waals surface area contributed by atoms with Crippen LogP contribution < -0.4 is 14.8 Å². The quantitative estimate of drug-likeness (QED) is 0.519. The summed E-state index contributed by atoms with van der Waals surface area (Å²) in [7, 11) is 0.539. The van der Waals surface area contributed by atoms with Crippen LogP contribution in [-0.4, -0.2) is 70.2 Å². The number of nitrogens with zero attached hydrogens (tertiary/aromatic N) is 2. The lowest BCUT2D eigenvalue weighted by molar-refractivity contribution is -0.126. The molecule has 2 aromatic carbocycles. The van der Waals surface area contributed by atoms with E-state index in [0.717, 1.165) is 24.2 Å². The maximum atomic E-state index is 13.1. The van der Waals surface area contributed by atoms with Crippen molar-refractivity contribution in [2.24, 2.45) is 0 Å². The van der Waals surface area contributed by atoms with Gasteiger partial charge in [-0.2, -0.15) is 4.72 Å². The van der Waals surface area contributed by atoms with E-state index in [2.05, 4.69) is 10.0 Å². The molecule has 0 spiro atoms. The van der Waals surface area contributed by atoms with Gasteiger partial charge in [0.15, 0.2) is 5.66 Å². The second-order valence-electron chi connectivity index (χ2n) is 9.31. The number of ether oxygens (including phenoxy) is 1. The van der Waals surface area contributed by atoms with E-state index < -0.39 is 27.3 Å². The number of hydrogen-bond acceptors (Lipinski definition) is 5. The topological polar surface area (TPSA) is 108 Å². The second kappa shape index (κ2) is 9.87. The molecule has 2 fully saturated rings. The number of sulfonamides is 1. The van der Waals surface area contributed by atoms with Gasteiger partial charge in [-0.25, -0.2) is 13.2 Å². The molecule has 0 aromatic heterocycles. The third-order valence-corrected chi connectivity index (χ3v) is 7.83. The average molecular weight is 501 g/mol. The molecule has 3 amide bonds. The van der Waals surface area contributed by atoms with E-state index in [4.69, 9.17) is 4.74 Å². The van der Waals surface area contributed by atoms with Gasteiger partial charge in [-0.1, -0.05) is 36.4 Å². The van der Waals surface area contributed by atoms with E-state index in [1.165, 1.54) is 29.5 Å². The van der Waals surface area contributed by atoms with E-state index in [0.29, 0.717) is 17.9 Å². The van der Waals surface area contributed by atoms with Crippen molar-refractivity contribution in [3.05, 3.63) is 65.2 Å². The molecule has 35 heavy (non-hydrogen) atoms. The molecule has 2 aliphatic rings. The highest BCUT2D eigenvalue weighted by molar-refractivity contribution is 7.90. The van der Waals surface area contributed by atoms with Crippen LogP contribution in [-0.2, 0) is 26.9 Å². The Labute approximate surface area is 206 Å². The molecule has 1 unspecified atom stereocenters. The lowest BCUT2D eigenvalue weighted by Gasteiger charge is -2.38. The van der Waals surface area contributed by atoms with E-state index in [9.17, 15) is 18.0 Å². The Morgan fingerprint density at radius 1 is 1.14 bits per heavy atom. The fourth-order valence-corrected chi connectivity index (χ4v) is 5.80. The van der Waals surface area contributed by atoms with Crippen molar-refractivity contribution >= 4 is 22.0 Å². The minimum Gasteiger partial charge on any atom is -0.497 e. The van der Waals surface area contributed by atoms with E-state index in [1.807, 2.05) is 48.5 Å². The Balaban J connectivity index is 1.65. The predicted molar refractivity (Wildman–Crippen MR) is 133 cm³/mol. The van der Waals surface area contributed by atoms with Gasteiger partial charge in [-0.15, -0.1) is 0 Å². The van der Waals surface area contributed by atoms with Gasteiger partial charge in [0.05, 0.1) is 13.7 Å². The lowest BCUT2D eigenvalue weighted by atomic mass is 9.97. The molecule has 1 heterocycles. The van der Waals surface area contributed by atoms with Crippen molar-refractivity contribution in [2.75, 3.05) is 40.0 Å². The molecule has 4 rings (SSSR count). The zero-order valence-corrected chi connectivity index (χ0v) is 21.1. The fraction of sp³-hybridized carbons (Fsp3) is 0.440. The number of hydrogen-bond donors (Lipinski definition) is 2. The first kappa shape index (κ1) is 25.0. The molecule has 0 radical (unpaired) electrons. The summed E-state index contributed by atoms with van der Waals surface area (Å²) in [6, 6.07) is 14.9. The smallest absolute Gasteiger partial charge is 0.319 e. The third kappa shape index (κ3) is 5.59. The van der Waals surface area contributed by atoms with Gasteiger partial charge in [-0.05, 0) is 54.0 Å². The third-order valence-electron chi connectivity index (χ3n) is 6.56. The molecule has 188 valence electrons. The number of carbonyl (C=O) groups excluding carboxylic acids is 2. The van der Waals surface area contributed by atoms with Crippen LogP contribution in [0.4, 0.5) is 4.79 Å². The Hall–Kier alpha value is -3.11. The van der Waals surface area contributed by atoms with Crippen molar-refractivity contribution in [1.29, 1.82) is 0 Å². The van der Waals surface area contributed by atoms with E-state index in [1.54, 1.807) is 7.11 Å². The summed E-state index contributed by atoms with van der Waals surface area (Å²) in [4.78, 5) is 27.9. The van der Waals surface area contributed by atoms with Crippen LogP contribution in [0, 0.1) is 0 Å². The first-order valence-corrected chi connectivity index (χ1v) is 13.3. The molecule has 1 saturated carbocycles. The van der Waals surface area contributed by atoms with Crippen molar-refractivity contribution < 1.29 is 22.7 Å². The molecule has 1 aliphatic carbocycles. The molecule has 0 bridgehead atoms. The number of amides is 3. The fourth-order valence-electron chi connectivity index (χ4n) is 4.33. The van der Waals surface area contributed by atoms with Crippen LogP contribution in [0.2, 0.25) is 0 Å². The Morgan fingerprint density at radius 2 is 1.80 bits per heavy atom. The summed E-state index contributed by atoms with van der Waals surface area (Å²) >= 11 is 0. The monoisotopic (exact) mass is 500 g/mol. The molecular formula is C25H32N4O5S. The molecule has 10 heteroatoms. The van der Waals surface area contributed by atoms with Crippen molar-refractivity contribution in [1.82, 2.24) is 19.8 Å². The molecule has 1 atom stereocenters. The van der Waals surface area contributed by atoms with E-state index in [-0.39, 0.29) is 19.1 Å². The highest BCUT2D eigenvalue weighted by Gasteiger charge is 2.49. The van der Waals surface area contributed by atoms with Gasteiger partial charge in [0.2, 0.25) is 15.9 Å². The molecule has 9 nitrogen and oxygen atoms in total. The van der Waals surface area contributed by atoms with Gasteiger partial charge < -0.3 is 15.0 Å². The van der Waals surface area contributed by atoms with Crippen LogP contribution in [0.25, 0.3) is 0 Å². The van der Waals surface area contributed by atoms with Gasteiger partial charge in [0.1, 0.15) is 11.5 Å². The number of nitrogens with one attached hydrogen (secondary N) is 2. The Kier molecular flexibility index (Phi) is 7.05. The number of benzene rings is 2. The standard InChI is InChI=1S/C25H32N4O5S/c1-28(2)23(30)16-35(32,33)27-25(21-10-8-20(9-11-21)19-6-7-19)17-26-24(31)29(25)15-14-18-4-12-22(34-3)13-5-18/h4-5,8-13,19,27H,6-7,14-17H2,1-3H3,(H,26,31). The van der Waals surface area contributed by atoms with E-state index >= 15 is 0 Å². The van der Waals surface area contributed by atoms with Crippen LogP contribution in [0.1, 0.15) is 35.4 Å². The van der Waals surface area contributed by atoms with Gasteiger partial charge in [0, 0.05) is 20.6 Å². The van der Waals surface area contributed by atoms with Crippen LogP contribution in [0.5, 0.6) is 5.75 Å². The highest BCUT2D eigenvalue weighted by Crippen LogP contribution is 2.41. The van der Waals surface area contributed by atoms with Crippen molar-refractivity contribution in [3.8, 4) is 5.75 Å².